The number of hydrogen-bond acceptors (Lipinski definition) is 4. The Balaban J connectivity index is 1.78. The number of aryl methyl sites for hydroxylation is 1. The van der Waals surface area contributed by atoms with Crippen molar-refractivity contribution in [2.45, 2.75) is 19.3 Å². The van der Waals surface area contributed by atoms with Gasteiger partial charge >= 0.3 is 12.8 Å². The minimum atomic E-state index is -4.71. The van der Waals surface area contributed by atoms with Crippen LogP contribution in [0.5, 0.6) is 11.5 Å². The van der Waals surface area contributed by atoms with Gasteiger partial charge in [0.15, 0.2) is 6.61 Å². The molecule has 0 fully saturated rings. The number of ether oxygens (including phenoxy) is 2. The van der Waals surface area contributed by atoms with Crippen molar-refractivity contribution in [2.75, 3.05) is 11.5 Å². The summed E-state index contributed by atoms with van der Waals surface area (Å²) in [6.45, 7) is -4.89. The normalized spacial score (nSPS) is 13.4. The lowest BCUT2D eigenvalue weighted by Gasteiger charge is -2.17. The van der Waals surface area contributed by atoms with Gasteiger partial charge in [-0.15, -0.1) is 0 Å². The topological polar surface area (TPSA) is 60.8 Å². The Morgan fingerprint density at radius 3 is 2.34 bits per heavy atom. The summed E-state index contributed by atoms with van der Waals surface area (Å²) in [6, 6.07) is 8.02. The fourth-order valence-corrected chi connectivity index (χ4v) is 3.77. The molecular formula is C23H16F6N2O4. The molecule has 0 radical (unpaired) electrons. The van der Waals surface area contributed by atoms with Gasteiger partial charge < -0.3 is 18.9 Å². The number of anilines is 1. The highest BCUT2D eigenvalue weighted by molar-refractivity contribution is 6.11. The Kier molecular flexibility index (Phi) is 6.22. The second-order valence-electron chi connectivity index (χ2n) is 7.62. The Morgan fingerprint density at radius 2 is 1.71 bits per heavy atom. The van der Waals surface area contributed by atoms with Crippen molar-refractivity contribution < 1.29 is 40.6 Å². The van der Waals surface area contributed by atoms with Crippen molar-refractivity contribution in [1.82, 2.24) is 4.57 Å². The molecule has 0 spiro atoms. The zero-order valence-corrected chi connectivity index (χ0v) is 17.9. The molecule has 0 atom stereocenters. The molecule has 0 unspecified atom stereocenters. The Hall–Kier alpha value is -3.96. The third-order valence-corrected chi connectivity index (χ3v) is 5.25. The number of rotatable bonds is 6. The van der Waals surface area contributed by atoms with Crippen LogP contribution in [0.4, 0.5) is 32.0 Å². The number of pyridine rings is 1. The van der Waals surface area contributed by atoms with E-state index in [2.05, 4.69) is 4.74 Å². The molecule has 12 heteroatoms. The van der Waals surface area contributed by atoms with Gasteiger partial charge in [-0.2, -0.15) is 22.0 Å². The Labute approximate surface area is 193 Å². The van der Waals surface area contributed by atoms with Gasteiger partial charge in [0.1, 0.15) is 17.3 Å². The number of carbonyl (C=O) groups excluding carboxylic acids is 1. The first-order valence-corrected chi connectivity index (χ1v) is 10.0. The largest absolute Gasteiger partial charge is 0.483 e. The second-order valence-corrected chi connectivity index (χ2v) is 7.62. The van der Waals surface area contributed by atoms with Crippen LogP contribution in [0.3, 0.4) is 0 Å². The molecule has 0 aliphatic carbocycles. The summed E-state index contributed by atoms with van der Waals surface area (Å²) in [5, 5.41) is 0. The number of aromatic nitrogens is 1. The predicted octanol–water partition coefficient (Wildman–Crippen LogP) is 4.89. The van der Waals surface area contributed by atoms with E-state index in [0.717, 1.165) is 22.8 Å². The lowest BCUT2D eigenvalue weighted by atomic mass is 9.98. The number of alkyl halides is 5. The highest BCUT2D eigenvalue weighted by Crippen LogP contribution is 2.38. The molecule has 0 N–H and O–H groups in total. The van der Waals surface area contributed by atoms with Crippen LogP contribution in [0, 0.1) is 5.82 Å². The number of halogens is 6. The first-order chi connectivity index (χ1) is 16.4. The highest BCUT2D eigenvalue weighted by atomic mass is 19.4. The average Bonchev–Trinajstić information content (AvgIpc) is 3.09. The van der Waals surface area contributed by atoms with Crippen LogP contribution in [0.2, 0.25) is 0 Å². The summed E-state index contributed by atoms with van der Waals surface area (Å²) in [7, 11) is 1.36. The van der Waals surface area contributed by atoms with Gasteiger partial charge in [0.05, 0.1) is 17.7 Å². The zero-order chi connectivity index (χ0) is 25.5. The molecule has 0 saturated heterocycles. The lowest BCUT2D eigenvalue weighted by molar-refractivity contribution is -0.153. The third kappa shape index (κ3) is 4.96. The molecule has 1 aliphatic heterocycles. The first kappa shape index (κ1) is 24.2. The van der Waals surface area contributed by atoms with E-state index in [-0.39, 0.29) is 34.5 Å². The van der Waals surface area contributed by atoms with E-state index in [1.165, 1.54) is 42.4 Å². The molecule has 0 saturated carbocycles. The van der Waals surface area contributed by atoms with Crippen LogP contribution in [-0.4, -0.2) is 29.9 Å². The SMILES string of the molecule is Cn1cc2c(c(-c3ccc(F)cc3OCC(F)(F)F)c1=O)CN(c1ccc(OC(F)F)cc1)C2=O. The van der Waals surface area contributed by atoms with Crippen molar-refractivity contribution >= 4 is 11.6 Å². The highest BCUT2D eigenvalue weighted by Gasteiger charge is 2.34. The van der Waals surface area contributed by atoms with Crippen molar-refractivity contribution in [3.05, 3.63) is 76.0 Å². The number of fused-ring (bicyclic) bond motifs is 1. The van der Waals surface area contributed by atoms with Crippen LogP contribution in [0.25, 0.3) is 11.1 Å². The monoisotopic (exact) mass is 498 g/mol. The molecule has 2 heterocycles. The zero-order valence-electron chi connectivity index (χ0n) is 17.9. The lowest BCUT2D eigenvalue weighted by Crippen LogP contribution is -2.23. The number of benzene rings is 2. The van der Waals surface area contributed by atoms with E-state index in [9.17, 15) is 35.9 Å². The molecule has 6 nitrogen and oxygen atoms in total. The summed E-state index contributed by atoms with van der Waals surface area (Å²) in [5.41, 5.74) is -0.251. The minimum Gasteiger partial charge on any atom is -0.483 e. The van der Waals surface area contributed by atoms with Gasteiger partial charge in [-0.3, -0.25) is 9.59 Å². The summed E-state index contributed by atoms with van der Waals surface area (Å²) in [5.74, 6) is -2.04. The predicted molar refractivity (Wildman–Crippen MR) is 112 cm³/mol. The van der Waals surface area contributed by atoms with Crippen LogP contribution in [-0.2, 0) is 13.6 Å². The van der Waals surface area contributed by atoms with Gasteiger partial charge in [-0.25, -0.2) is 4.39 Å². The van der Waals surface area contributed by atoms with Crippen molar-refractivity contribution in [3.8, 4) is 22.6 Å². The van der Waals surface area contributed by atoms with Crippen LogP contribution in [0.15, 0.2) is 53.5 Å². The van der Waals surface area contributed by atoms with E-state index < -0.39 is 42.4 Å². The van der Waals surface area contributed by atoms with Gasteiger partial charge in [0.2, 0.25) is 0 Å². The van der Waals surface area contributed by atoms with Crippen LogP contribution >= 0.6 is 0 Å². The fraction of sp³-hybridized carbons (Fsp3) is 0.217. The standard InChI is InChI=1S/C23H16F6N2O4/c1-30-9-17-16(10-31(20(17)32)13-3-5-14(6-4-13)35-22(25)26)19(21(30)33)15-7-2-12(24)8-18(15)34-11-23(27,28)29/h2-9,22H,10-11H2,1H3. The van der Waals surface area contributed by atoms with E-state index in [1.807, 2.05) is 0 Å². The maximum Gasteiger partial charge on any atom is 0.422 e. The van der Waals surface area contributed by atoms with E-state index >= 15 is 0 Å². The summed E-state index contributed by atoms with van der Waals surface area (Å²) < 4.78 is 87.0. The summed E-state index contributed by atoms with van der Waals surface area (Å²) >= 11 is 0. The summed E-state index contributed by atoms with van der Waals surface area (Å²) in [4.78, 5) is 27.4. The molecule has 184 valence electrons. The molecular weight excluding hydrogens is 482 g/mol. The molecule has 1 amide bonds. The Morgan fingerprint density at radius 1 is 1.03 bits per heavy atom. The van der Waals surface area contributed by atoms with Crippen LogP contribution in [0.1, 0.15) is 15.9 Å². The van der Waals surface area contributed by atoms with E-state index in [4.69, 9.17) is 4.74 Å². The molecule has 1 aromatic heterocycles. The van der Waals surface area contributed by atoms with Gasteiger partial charge in [-0.1, -0.05) is 0 Å². The molecule has 2 aromatic carbocycles. The van der Waals surface area contributed by atoms with E-state index in [0.29, 0.717) is 5.69 Å². The van der Waals surface area contributed by atoms with E-state index in [1.54, 1.807) is 0 Å². The maximum absolute atomic E-state index is 13.8. The quantitative estimate of drug-likeness (QED) is 0.454. The second kappa shape index (κ2) is 9.01. The van der Waals surface area contributed by atoms with Gasteiger partial charge in [0.25, 0.3) is 11.5 Å². The minimum absolute atomic E-state index is 0.0982. The number of nitrogens with zero attached hydrogens (tertiary/aromatic N) is 2. The number of amides is 1. The smallest absolute Gasteiger partial charge is 0.422 e. The molecule has 4 rings (SSSR count). The molecule has 3 aromatic rings. The molecule has 1 aliphatic rings. The molecule has 35 heavy (non-hydrogen) atoms. The van der Waals surface area contributed by atoms with Gasteiger partial charge in [0, 0.05) is 30.6 Å². The third-order valence-electron chi connectivity index (χ3n) is 5.25. The van der Waals surface area contributed by atoms with Crippen molar-refractivity contribution in [2.24, 2.45) is 7.05 Å². The van der Waals surface area contributed by atoms with Crippen molar-refractivity contribution in [3.63, 3.8) is 0 Å². The van der Waals surface area contributed by atoms with Crippen molar-refractivity contribution in [1.29, 1.82) is 0 Å². The average molecular weight is 498 g/mol. The fourth-order valence-electron chi connectivity index (χ4n) is 3.77. The van der Waals surface area contributed by atoms with Crippen LogP contribution < -0.4 is 19.9 Å². The first-order valence-electron chi connectivity index (χ1n) is 10.0. The Bertz CT molecular complexity index is 1340. The number of carbonyl (C=O) groups is 1. The number of hydrogen-bond donors (Lipinski definition) is 0. The van der Waals surface area contributed by atoms with Gasteiger partial charge in [-0.05, 0) is 42.0 Å². The molecule has 0 bridgehead atoms. The summed E-state index contributed by atoms with van der Waals surface area (Å²) in [6.07, 6.45) is -3.42. The maximum atomic E-state index is 13.8.